The van der Waals surface area contributed by atoms with Gasteiger partial charge in [-0.3, -0.25) is 0 Å². The number of nitrogens with zero attached hydrogens (tertiary/aromatic N) is 1. The zero-order valence-electron chi connectivity index (χ0n) is 9.75. The van der Waals surface area contributed by atoms with Crippen LogP contribution in [-0.2, 0) is 0 Å². The Bertz CT molecular complexity index is 562. The Morgan fingerprint density at radius 1 is 0.778 bits per heavy atom. The Morgan fingerprint density at radius 3 is 2.06 bits per heavy atom. The fourth-order valence-electron chi connectivity index (χ4n) is 1.90. The third-order valence-corrected chi connectivity index (χ3v) is 2.78. The van der Waals surface area contributed by atoms with Crippen molar-refractivity contribution in [2.24, 2.45) is 5.10 Å². The van der Waals surface area contributed by atoms with Crippen LogP contribution in [0.25, 0.3) is 0 Å². The molecule has 1 aliphatic heterocycles. The van der Waals surface area contributed by atoms with E-state index in [1.54, 1.807) is 0 Å². The van der Waals surface area contributed by atoms with E-state index in [-0.39, 0.29) is 24.0 Å². The lowest BCUT2D eigenvalue weighted by Gasteiger charge is -2.02. The number of quaternary nitrogens is 1. The summed E-state index contributed by atoms with van der Waals surface area (Å²) < 4.78 is 0. The fourth-order valence-corrected chi connectivity index (χ4v) is 1.90. The topological polar surface area (TPSA) is 16.8 Å². The summed E-state index contributed by atoms with van der Waals surface area (Å²) in [5.41, 5.74) is 3.36. The predicted octanol–water partition coefficient (Wildman–Crippen LogP) is -0.861. The zero-order chi connectivity index (χ0) is 11.5. The van der Waals surface area contributed by atoms with Crippen LogP contribution in [0.4, 0.5) is 5.69 Å². The first-order valence-electron chi connectivity index (χ1n) is 5.68. The highest BCUT2D eigenvalue weighted by molar-refractivity contribution is 6.08. The number of hydrogen-bond acceptors (Lipinski definition) is 1. The maximum absolute atomic E-state index is 4.65. The first kappa shape index (κ1) is 13.0. The minimum atomic E-state index is 0. The van der Waals surface area contributed by atoms with Crippen LogP contribution in [0.3, 0.4) is 0 Å². The van der Waals surface area contributed by atoms with Crippen molar-refractivity contribution in [2.45, 2.75) is 0 Å². The quantitative estimate of drug-likeness (QED) is 0.681. The Hall–Kier alpha value is -1.46. The first-order valence-corrected chi connectivity index (χ1v) is 5.68. The van der Waals surface area contributed by atoms with E-state index in [2.05, 4.69) is 41.6 Å². The van der Waals surface area contributed by atoms with Gasteiger partial charge in [-0.2, -0.15) is 5.01 Å². The molecule has 0 aliphatic carbocycles. The molecule has 1 unspecified atom stereocenters. The van der Waals surface area contributed by atoms with Gasteiger partial charge >= 0.3 is 0 Å². The van der Waals surface area contributed by atoms with Gasteiger partial charge in [-0.15, -0.1) is 0 Å². The van der Waals surface area contributed by atoms with Crippen molar-refractivity contribution in [3.05, 3.63) is 78.5 Å². The molecular formula is C15H13IN2. The summed E-state index contributed by atoms with van der Waals surface area (Å²) in [5, 5.41) is 5.68. The normalized spacial score (nSPS) is 17.1. The van der Waals surface area contributed by atoms with Crippen LogP contribution in [-0.4, -0.2) is 5.71 Å². The molecular weight excluding hydrogens is 335 g/mol. The van der Waals surface area contributed by atoms with Gasteiger partial charge < -0.3 is 24.0 Å². The molecule has 0 saturated carbocycles. The molecule has 2 aromatic rings. The highest BCUT2D eigenvalue weighted by atomic mass is 127. The van der Waals surface area contributed by atoms with E-state index in [0.29, 0.717) is 0 Å². The highest BCUT2D eigenvalue weighted by Gasteiger charge is 2.16. The number of allylic oxidation sites excluding steroid dienone is 1. The van der Waals surface area contributed by atoms with Crippen LogP contribution >= 0.6 is 0 Å². The van der Waals surface area contributed by atoms with Crippen LogP contribution in [0.5, 0.6) is 0 Å². The van der Waals surface area contributed by atoms with Gasteiger partial charge in [0.05, 0.1) is 0 Å². The summed E-state index contributed by atoms with van der Waals surface area (Å²) in [6, 6.07) is 20.5. The predicted molar refractivity (Wildman–Crippen MR) is 69.2 cm³/mol. The van der Waals surface area contributed by atoms with Crippen LogP contribution < -0.4 is 29.0 Å². The van der Waals surface area contributed by atoms with Gasteiger partial charge in [0.25, 0.3) is 0 Å². The second-order valence-electron chi connectivity index (χ2n) is 3.95. The summed E-state index contributed by atoms with van der Waals surface area (Å²) in [5.74, 6) is 0. The molecule has 1 aliphatic rings. The molecule has 1 heterocycles. The molecule has 2 aromatic carbocycles. The fraction of sp³-hybridized carbons (Fsp3) is 0. The van der Waals surface area contributed by atoms with Gasteiger partial charge in [-0.25, -0.2) is 0 Å². The van der Waals surface area contributed by atoms with Gasteiger partial charge in [-0.05, 0) is 0 Å². The van der Waals surface area contributed by atoms with Crippen LogP contribution in [0.1, 0.15) is 5.56 Å². The maximum atomic E-state index is 4.65. The van der Waals surface area contributed by atoms with E-state index >= 15 is 0 Å². The van der Waals surface area contributed by atoms with Crippen LogP contribution in [0.2, 0.25) is 0 Å². The maximum Gasteiger partial charge on any atom is 0.162 e. The number of para-hydroxylation sites is 1. The molecule has 0 bridgehead atoms. The average molecular weight is 348 g/mol. The molecule has 3 rings (SSSR count). The molecule has 0 saturated heterocycles. The monoisotopic (exact) mass is 348 g/mol. The molecule has 0 fully saturated rings. The SMILES string of the molecule is C1=C[NH+](c2ccccc2)N=C1c1ccccc1.[I-]. The van der Waals surface area contributed by atoms with Crippen molar-refractivity contribution >= 4 is 11.4 Å². The highest BCUT2D eigenvalue weighted by Crippen LogP contribution is 2.06. The molecule has 0 aromatic heterocycles. The van der Waals surface area contributed by atoms with Crippen molar-refractivity contribution in [1.29, 1.82) is 0 Å². The van der Waals surface area contributed by atoms with Gasteiger partial charge in [0.2, 0.25) is 0 Å². The minimum Gasteiger partial charge on any atom is -1.00 e. The summed E-state index contributed by atoms with van der Waals surface area (Å²) in [4.78, 5) is 0. The molecule has 18 heavy (non-hydrogen) atoms. The molecule has 0 amide bonds. The van der Waals surface area contributed by atoms with Crippen molar-refractivity contribution < 1.29 is 29.0 Å². The van der Waals surface area contributed by atoms with Gasteiger partial charge in [0, 0.05) is 23.8 Å². The Balaban J connectivity index is 0.00000120. The van der Waals surface area contributed by atoms with Gasteiger partial charge in [0.15, 0.2) is 5.69 Å². The summed E-state index contributed by atoms with van der Waals surface area (Å²) in [7, 11) is 0. The van der Waals surface area contributed by atoms with E-state index < -0.39 is 0 Å². The zero-order valence-corrected chi connectivity index (χ0v) is 11.9. The van der Waals surface area contributed by atoms with E-state index in [1.807, 2.05) is 36.4 Å². The Kier molecular flexibility index (Phi) is 4.28. The summed E-state index contributed by atoms with van der Waals surface area (Å²) >= 11 is 0. The van der Waals surface area contributed by atoms with Crippen molar-refractivity contribution in [1.82, 2.24) is 0 Å². The smallest absolute Gasteiger partial charge is 0.162 e. The van der Waals surface area contributed by atoms with Crippen LogP contribution in [0.15, 0.2) is 78.0 Å². The molecule has 0 spiro atoms. The molecule has 0 radical (unpaired) electrons. The number of nitrogens with one attached hydrogen (secondary N) is 1. The largest absolute Gasteiger partial charge is 1.00 e. The summed E-state index contributed by atoms with van der Waals surface area (Å²) in [6.07, 6.45) is 4.13. The second kappa shape index (κ2) is 5.93. The van der Waals surface area contributed by atoms with Gasteiger partial charge in [-0.1, -0.05) is 53.6 Å². The molecule has 1 atom stereocenters. The van der Waals surface area contributed by atoms with E-state index in [9.17, 15) is 0 Å². The minimum absolute atomic E-state index is 0. The average Bonchev–Trinajstić information content (AvgIpc) is 2.90. The lowest BCUT2D eigenvalue weighted by atomic mass is 10.1. The van der Waals surface area contributed by atoms with E-state index in [4.69, 9.17) is 0 Å². The van der Waals surface area contributed by atoms with Gasteiger partial charge in [0.1, 0.15) is 11.9 Å². The summed E-state index contributed by atoms with van der Waals surface area (Å²) in [6.45, 7) is 0. The van der Waals surface area contributed by atoms with Crippen molar-refractivity contribution in [2.75, 3.05) is 0 Å². The number of halogens is 1. The Labute approximate surface area is 124 Å². The third-order valence-electron chi connectivity index (χ3n) is 2.78. The van der Waals surface area contributed by atoms with E-state index in [0.717, 1.165) is 22.0 Å². The Morgan fingerprint density at radius 2 is 1.39 bits per heavy atom. The van der Waals surface area contributed by atoms with Crippen molar-refractivity contribution in [3.8, 4) is 0 Å². The molecule has 1 N–H and O–H groups in total. The van der Waals surface area contributed by atoms with Crippen molar-refractivity contribution in [3.63, 3.8) is 0 Å². The lowest BCUT2D eigenvalue weighted by molar-refractivity contribution is -0.779. The van der Waals surface area contributed by atoms with E-state index in [1.165, 1.54) is 0 Å². The van der Waals surface area contributed by atoms with Crippen LogP contribution in [0, 0.1) is 0 Å². The number of rotatable bonds is 2. The lowest BCUT2D eigenvalue weighted by Crippen LogP contribution is -3.00. The molecule has 3 heteroatoms. The number of benzene rings is 2. The molecule has 90 valence electrons. The molecule has 2 nitrogen and oxygen atoms in total. The second-order valence-corrected chi connectivity index (χ2v) is 3.95. The third kappa shape index (κ3) is 2.68. The first-order chi connectivity index (χ1) is 8.43. The standard InChI is InChI=1S/C15H12N2.HI/c1-3-7-13(8-4-1)15-11-12-17(16-15)14-9-5-2-6-10-14;/h1-12H;1H. The number of hydrogen-bond donors (Lipinski definition) is 1.